The number of hydrogen-bond acceptors (Lipinski definition) is 3. The molecule has 0 amide bonds. The zero-order valence-electron chi connectivity index (χ0n) is 8.83. The Morgan fingerprint density at radius 1 is 1.53 bits per heavy atom. The number of hydrazine groups is 1. The Kier molecular flexibility index (Phi) is 3.26. The summed E-state index contributed by atoms with van der Waals surface area (Å²) < 4.78 is 0. The van der Waals surface area contributed by atoms with Crippen LogP contribution in [0.4, 0.5) is 0 Å². The van der Waals surface area contributed by atoms with Crippen LogP contribution in [-0.4, -0.2) is 18.5 Å². The van der Waals surface area contributed by atoms with Crippen molar-refractivity contribution in [3.63, 3.8) is 0 Å². The lowest BCUT2D eigenvalue weighted by Gasteiger charge is -2.15. The van der Waals surface area contributed by atoms with E-state index < -0.39 is 0 Å². The maximum absolute atomic E-state index is 6.01. The first-order valence-corrected chi connectivity index (χ1v) is 5.51. The van der Waals surface area contributed by atoms with E-state index in [4.69, 9.17) is 17.4 Å². The van der Waals surface area contributed by atoms with Crippen molar-refractivity contribution in [3.8, 4) is 0 Å². The molecule has 1 aromatic carbocycles. The van der Waals surface area contributed by atoms with Gasteiger partial charge < -0.3 is 4.90 Å². The van der Waals surface area contributed by atoms with E-state index in [-0.39, 0.29) is 6.04 Å². The summed E-state index contributed by atoms with van der Waals surface area (Å²) in [6.45, 7) is 2.01. The molecule has 4 heteroatoms. The smallest absolute Gasteiger partial charge is 0.0475 e. The van der Waals surface area contributed by atoms with Gasteiger partial charge in [-0.25, -0.2) is 0 Å². The van der Waals surface area contributed by atoms with Gasteiger partial charge in [-0.1, -0.05) is 17.7 Å². The second-order valence-corrected chi connectivity index (χ2v) is 4.53. The summed E-state index contributed by atoms with van der Waals surface area (Å²) in [5.74, 6) is 5.57. The molecule has 3 N–H and O–H groups in total. The second-order valence-electron chi connectivity index (χ2n) is 4.09. The Hall–Kier alpha value is -0.610. The van der Waals surface area contributed by atoms with Gasteiger partial charge in [0.25, 0.3) is 0 Å². The Morgan fingerprint density at radius 3 is 3.07 bits per heavy atom. The molecule has 1 aliphatic rings. The molecule has 0 fully saturated rings. The van der Waals surface area contributed by atoms with Gasteiger partial charge in [-0.05, 0) is 36.7 Å². The third-order valence-corrected chi connectivity index (χ3v) is 3.16. The lowest BCUT2D eigenvalue weighted by atomic mass is 10.00. The van der Waals surface area contributed by atoms with Gasteiger partial charge in [0.15, 0.2) is 0 Å². The molecule has 2 rings (SSSR count). The fourth-order valence-corrected chi connectivity index (χ4v) is 2.26. The lowest BCUT2D eigenvalue weighted by Crippen LogP contribution is -2.29. The van der Waals surface area contributed by atoms with Gasteiger partial charge >= 0.3 is 0 Å². The van der Waals surface area contributed by atoms with Gasteiger partial charge in [-0.3, -0.25) is 11.3 Å². The van der Waals surface area contributed by atoms with E-state index in [0.717, 1.165) is 24.5 Å². The van der Waals surface area contributed by atoms with E-state index in [0.29, 0.717) is 0 Å². The zero-order valence-corrected chi connectivity index (χ0v) is 9.59. The van der Waals surface area contributed by atoms with E-state index in [1.807, 2.05) is 12.1 Å². The summed E-state index contributed by atoms with van der Waals surface area (Å²) in [6, 6.07) is 6.25. The monoisotopic (exact) mass is 225 g/mol. The summed E-state index contributed by atoms with van der Waals surface area (Å²) in [5, 5.41) is 0.776. The van der Waals surface area contributed by atoms with E-state index in [2.05, 4.69) is 23.4 Å². The van der Waals surface area contributed by atoms with Crippen LogP contribution in [-0.2, 0) is 6.54 Å². The summed E-state index contributed by atoms with van der Waals surface area (Å²) in [5.41, 5.74) is 5.40. The topological polar surface area (TPSA) is 41.3 Å². The number of rotatable bonds is 1. The predicted molar refractivity (Wildman–Crippen MR) is 62.5 cm³/mol. The average molecular weight is 226 g/mol. The highest BCUT2D eigenvalue weighted by atomic mass is 35.5. The Morgan fingerprint density at radius 2 is 2.33 bits per heavy atom. The maximum Gasteiger partial charge on any atom is 0.0475 e. The molecule has 0 bridgehead atoms. The van der Waals surface area contributed by atoms with Gasteiger partial charge in [0.2, 0.25) is 0 Å². The number of halogens is 1. The molecule has 1 heterocycles. The third kappa shape index (κ3) is 2.32. The molecular weight excluding hydrogens is 210 g/mol. The lowest BCUT2D eigenvalue weighted by molar-refractivity contribution is 0.318. The molecule has 0 radical (unpaired) electrons. The number of nitrogens with two attached hydrogens (primary N) is 1. The summed E-state index contributed by atoms with van der Waals surface area (Å²) >= 11 is 6.01. The fourth-order valence-electron chi connectivity index (χ4n) is 2.08. The molecule has 15 heavy (non-hydrogen) atoms. The molecule has 1 unspecified atom stereocenters. The van der Waals surface area contributed by atoms with Crippen LogP contribution in [0.5, 0.6) is 0 Å². The van der Waals surface area contributed by atoms with Crippen molar-refractivity contribution in [2.45, 2.75) is 19.0 Å². The molecular formula is C11H16ClN3. The minimum Gasteiger partial charge on any atom is -0.302 e. The first-order chi connectivity index (χ1) is 7.20. The van der Waals surface area contributed by atoms with Crippen molar-refractivity contribution in [1.29, 1.82) is 0 Å². The first kappa shape index (κ1) is 10.9. The van der Waals surface area contributed by atoms with E-state index in [9.17, 15) is 0 Å². The van der Waals surface area contributed by atoms with Crippen molar-refractivity contribution in [1.82, 2.24) is 10.3 Å². The molecule has 0 saturated carbocycles. The minimum absolute atomic E-state index is 0.212. The second kappa shape index (κ2) is 4.49. The van der Waals surface area contributed by atoms with Crippen molar-refractivity contribution >= 4 is 11.6 Å². The Bertz CT molecular complexity index is 354. The molecule has 0 aromatic heterocycles. The Balaban J connectivity index is 2.41. The number of nitrogens with one attached hydrogen (secondary N) is 1. The molecule has 0 spiro atoms. The third-order valence-electron chi connectivity index (χ3n) is 2.92. The van der Waals surface area contributed by atoms with Crippen LogP contribution >= 0.6 is 11.6 Å². The van der Waals surface area contributed by atoms with Crippen molar-refractivity contribution in [2.75, 3.05) is 13.6 Å². The van der Waals surface area contributed by atoms with Crippen LogP contribution in [0.2, 0.25) is 5.02 Å². The number of nitrogens with zero attached hydrogens (tertiary/aromatic N) is 1. The predicted octanol–water partition coefficient (Wildman–Crippen LogP) is 1.68. The molecule has 1 atom stereocenters. The molecule has 1 aromatic rings. The maximum atomic E-state index is 6.01. The molecule has 82 valence electrons. The van der Waals surface area contributed by atoms with Gasteiger partial charge in [-0.2, -0.15) is 0 Å². The molecule has 0 saturated heterocycles. The van der Waals surface area contributed by atoms with Crippen LogP contribution in [0, 0.1) is 0 Å². The van der Waals surface area contributed by atoms with Gasteiger partial charge in [0, 0.05) is 24.2 Å². The quantitative estimate of drug-likeness (QED) is 0.565. The van der Waals surface area contributed by atoms with Gasteiger partial charge in [0.05, 0.1) is 0 Å². The van der Waals surface area contributed by atoms with Crippen LogP contribution < -0.4 is 11.3 Å². The van der Waals surface area contributed by atoms with Crippen LogP contribution in [0.15, 0.2) is 18.2 Å². The fraction of sp³-hybridized carbons (Fsp3) is 0.455. The van der Waals surface area contributed by atoms with E-state index in [1.54, 1.807) is 0 Å². The first-order valence-electron chi connectivity index (χ1n) is 5.13. The van der Waals surface area contributed by atoms with Crippen molar-refractivity contribution in [3.05, 3.63) is 34.3 Å². The number of benzene rings is 1. The summed E-state index contributed by atoms with van der Waals surface area (Å²) in [7, 11) is 2.12. The normalized spacial score (nSPS) is 22.2. The highest BCUT2D eigenvalue weighted by molar-refractivity contribution is 6.30. The average Bonchev–Trinajstić information content (AvgIpc) is 2.37. The minimum atomic E-state index is 0.212. The Labute approximate surface area is 95.2 Å². The zero-order chi connectivity index (χ0) is 10.8. The SMILES string of the molecule is CN1CCC(NN)c2cc(Cl)ccc2C1. The molecule has 1 aliphatic heterocycles. The van der Waals surface area contributed by atoms with Crippen LogP contribution in [0.25, 0.3) is 0 Å². The summed E-state index contributed by atoms with van der Waals surface area (Å²) in [6.07, 6.45) is 1.01. The van der Waals surface area contributed by atoms with Crippen molar-refractivity contribution < 1.29 is 0 Å². The molecule has 3 nitrogen and oxygen atoms in total. The number of fused-ring (bicyclic) bond motifs is 1. The standard InChI is InChI=1S/C11H16ClN3/c1-15-5-4-11(14-13)10-6-9(12)3-2-8(10)7-15/h2-3,6,11,14H,4-5,7,13H2,1H3. The van der Waals surface area contributed by atoms with Crippen LogP contribution in [0.1, 0.15) is 23.6 Å². The van der Waals surface area contributed by atoms with Crippen LogP contribution in [0.3, 0.4) is 0 Å². The highest BCUT2D eigenvalue weighted by Gasteiger charge is 2.19. The van der Waals surface area contributed by atoms with E-state index in [1.165, 1.54) is 11.1 Å². The largest absolute Gasteiger partial charge is 0.302 e. The van der Waals surface area contributed by atoms with Crippen molar-refractivity contribution in [2.24, 2.45) is 5.84 Å². The summed E-state index contributed by atoms with van der Waals surface area (Å²) in [4.78, 5) is 2.30. The highest BCUT2D eigenvalue weighted by Crippen LogP contribution is 2.27. The van der Waals surface area contributed by atoms with E-state index >= 15 is 0 Å². The molecule has 0 aliphatic carbocycles. The number of hydrogen-bond donors (Lipinski definition) is 2. The van der Waals surface area contributed by atoms with Gasteiger partial charge in [-0.15, -0.1) is 0 Å². The van der Waals surface area contributed by atoms with Gasteiger partial charge in [0.1, 0.15) is 0 Å².